The van der Waals surface area contributed by atoms with Gasteiger partial charge in [-0.05, 0) is 27.2 Å². The molecule has 2 aliphatic rings. The zero-order chi connectivity index (χ0) is 15.2. The molecule has 2 atom stereocenters. The van der Waals surface area contributed by atoms with Crippen LogP contribution in [-0.4, -0.2) is 53.1 Å². The molecule has 0 bridgehead atoms. The van der Waals surface area contributed by atoms with Gasteiger partial charge in [-0.1, -0.05) is 13.8 Å². The van der Waals surface area contributed by atoms with Gasteiger partial charge in [0.2, 0.25) is 0 Å². The summed E-state index contributed by atoms with van der Waals surface area (Å²) in [7, 11) is 0. The third-order valence-electron chi connectivity index (χ3n) is 4.37. The Morgan fingerprint density at radius 2 is 2.05 bits per heavy atom. The van der Waals surface area contributed by atoms with E-state index in [0.717, 1.165) is 6.42 Å². The van der Waals surface area contributed by atoms with Crippen molar-refractivity contribution in [3.05, 3.63) is 0 Å². The van der Waals surface area contributed by atoms with Crippen LogP contribution in [0.2, 0.25) is 0 Å². The molecule has 0 aromatic carbocycles. The number of rotatable bonds is 0. The number of carbonyl (C=O) groups is 1. The van der Waals surface area contributed by atoms with Gasteiger partial charge in [0.05, 0.1) is 18.3 Å². The lowest BCUT2D eigenvalue weighted by Gasteiger charge is -2.50. The lowest BCUT2D eigenvalue weighted by atomic mass is 9.68. The van der Waals surface area contributed by atoms with Gasteiger partial charge in [0.25, 0.3) is 0 Å². The maximum atomic E-state index is 12.2. The molecule has 2 saturated heterocycles. The Morgan fingerprint density at radius 3 is 2.50 bits per heavy atom. The summed E-state index contributed by atoms with van der Waals surface area (Å²) < 4.78 is 11.3. The molecule has 116 valence electrons. The maximum Gasteiger partial charge on any atom is 0.410 e. The predicted octanol–water partition coefficient (Wildman–Crippen LogP) is 2.17. The average molecular weight is 285 g/mol. The number of likely N-dealkylation sites (tertiary alicyclic amines) is 1. The van der Waals surface area contributed by atoms with E-state index in [1.54, 1.807) is 4.90 Å². The predicted molar refractivity (Wildman–Crippen MR) is 75.5 cm³/mol. The van der Waals surface area contributed by atoms with Crippen LogP contribution < -0.4 is 0 Å². The van der Waals surface area contributed by atoms with Crippen molar-refractivity contribution < 1.29 is 19.4 Å². The van der Waals surface area contributed by atoms with E-state index >= 15 is 0 Å². The minimum atomic E-state index is -0.476. The molecule has 20 heavy (non-hydrogen) atoms. The number of amides is 1. The van der Waals surface area contributed by atoms with E-state index in [2.05, 4.69) is 13.8 Å². The number of ether oxygens (including phenoxy) is 2. The van der Waals surface area contributed by atoms with Gasteiger partial charge in [0.1, 0.15) is 5.60 Å². The second-order valence-corrected chi connectivity index (χ2v) is 7.70. The molecular formula is C15H27NO4. The first-order valence-electron chi connectivity index (χ1n) is 7.35. The van der Waals surface area contributed by atoms with Crippen LogP contribution in [0.3, 0.4) is 0 Å². The number of aliphatic hydroxyl groups excluding tert-OH is 1. The molecule has 1 N–H and O–H groups in total. The van der Waals surface area contributed by atoms with Gasteiger partial charge in [0, 0.05) is 24.9 Å². The quantitative estimate of drug-likeness (QED) is 0.741. The Hall–Kier alpha value is -0.810. The zero-order valence-electron chi connectivity index (χ0n) is 13.2. The molecule has 0 aliphatic carbocycles. The molecule has 1 spiro atoms. The largest absolute Gasteiger partial charge is 0.444 e. The number of piperidine rings is 1. The topological polar surface area (TPSA) is 59.0 Å². The fourth-order valence-corrected chi connectivity index (χ4v) is 3.24. The molecule has 5 heteroatoms. The van der Waals surface area contributed by atoms with Crippen molar-refractivity contribution in [2.24, 2.45) is 5.41 Å². The van der Waals surface area contributed by atoms with Gasteiger partial charge in [-0.3, -0.25) is 0 Å². The molecule has 2 unspecified atom stereocenters. The molecule has 0 aromatic heterocycles. The van der Waals surface area contributed by atoms with Crippen molar-refractivity contribution in [3.8, 4) is 0 Å². The molecule has 2 fully saturated rings. The van der Waals surface area contributed by atoms with Gasteiger partial charge in [-0.2, -0.15) is 0 Å². The van der Waals surface area contributed by atoms with Crippen LogP contribution in [0.1, 0.15) is 47.5 Å². The summed E-state index contributed by atoms with van der Waals surface area (Å²) in [5.74, 6) is 0. The number of hydrogen-bond acceptors (Lipinski definition) is 4. The Morgan fingerprint density at radius 1 is 1.40 bits per heavy atom. The second kappa shape index (κ2) is 4.88. The highest BCUT2D eigenvalue weighted by Crippen LogP contribution is 2.47. The Bertz CT molecular complexity index is 388. The number of aliphatic hydroxyl groups is 1. The van der Waals surface area contributed by atoms with Gasteiger partial charge in [0.15, 0.2) is 0 Å². The van der Waals surface area contributed by atoms with E-state index < -0.39 is 5.60 Å². The van der Waals surface area contributed by atoms with E-state index in [1.807, 2.05) is 20.8 Å². The smallest absolute Gasteiger partial charge is 0.410 e. The third kappa shape index (κ3) is 2.93. The lowest BCUT2D eigenvalue weighted by molar-refractivity contribution is -0.128. The van der Waals surface area contributed by atoms with Crippen molar-refractivity contribution in [2.75, 3.05) is 19.7 Å². The van der Waals surface area contributed by atoms with Crippen molar-refractivity contribution in [1.82, 2.24) is 4.90 Å². The average Bonchev–Trinajstić information content (AvgIpc) is 2.64. The Labute approximate surface area is 121 Å². The first kappa shape index (κ1) is 15.6. The number of hydrogen-bond donors (Lipinski definition) is 1. The highest BCUT2D eigenvalue weighted by molar-refractivity contribution is 5.68. The van der Waals surface area contributed by atoms with Crippen LogP contribution >= 0.6 is 0 Å². The summed E-state index contributed by atoms with van der Waals surface area (Å²) in [6.45, 7) is 11.4. The van der Waals surface area contributed by atoms with Crippen molar-refractivity contribution in [1.29, 1.82) is 0 Å². The van der Waals surface area contributed by atoms with Crippen molar-refractivity contribution in [3.63, 3.8) is 0 Å². The fourth-order valence-electron chi connectivity index (χ4n) is 3.24. The molecule has 2 rings (SSSR count). The monoisotopic (exact) mass is 285 g/mol. The first-order valence-corrected chi connectivity index (χ1v) is 7.35. The van der Waals surface area contributed by atoms with Gasteiger partial charge < -0.3 is 19.5 Å². The number of nitrogens with zero attached hydrogens (tertiary/aromatic N) is 1. The lowest BCUT2D eigenvalue weighted by Crippen LogP contribution is -2.58. The van der Waals surface area contributed by atoms with Crippen molar-refractivity contribution in [2.45, 2.75) is 64.8 Å². The van der Waals surface area contributed by atoms with Crippen LogP contribution in [0.15, 0.2) is 0 Å². The highest BCUT2D eigenvalue weighted by Gasteiger charge is 2.54. The molecule has 1 amide bonds. The molecule has 5 nitrogen and oxygen atoms in total. The van der Waals surface area contributed by atoms with E-state index in [0.29, 0.717) is 26.1 Å². The Balaban J connectivity index is 2.05. The zero-order valence-corrected chi connectivity index (χ0v) is 13.2. The molecular weight excluding hydrogens is 258 g/mol. The van der Waals surface area contributed by atoms with Gasteiger partial charge >= 0.3 is 6.09 Å². The summed E-state index contributed by atoms with van der Waals surface area (Å²) in [4.78, 5) is 13.9. The number of carbonyl (C=O) groups excluding carboxylic acids is 1. The molecule has 0 saturated carbocycles. The van der Waals surface area contributed by atoms with E-state index in [1.165, 1.54) is 0 Å². The third-order valence-corrected chi connectivity index (χ3v) is 4.37. The minimum absolute atomic E-state index is 0.195. The van der Waals surface area contributed by atoms with Crippen LogP contribution in [-0.2, 0) is 9.47 Å². The normalized spacial score (nSPS) is 33.5. The summed E-state index contributed by atoms with van der Waals surface area (Å²) in [6, 6.07) is 0. The van der Waals surface area contributed by atoms with Crippen LogP contribution in [0.5, 0.6) is 0 Å². The molecule has 0 radical (unpaired) electrons. The van der Waals surface area contributed by atoms with Crippen LogP contribution in [0.25, 0.3) is 0 Å². The van der Waals surface area contributed by atoms with E-state index in [-0.39, 0.29) is 23.2 Å². The molecule has 2 aliphatic heterocycles. The molecule has 0 aromatic rings. The highest BCUT2D eigenvalue weighted by atomic mass is 16.6. The molecule has 2 heterocycles. The maximum absolute atomic E-state index is 12.2. The summed E-state index contributed by atoms with van der Waals surface area (Å²) >= 11 is 0. The van der Waals surface area contributed by atoms with Crippen LogP contribution in [0, 0.1) is 5.41 Å². The van der Waals surface area contributed by atoms with E-state index in [9.17, 15) is 9.90 Å². The van der Waals surface area contributed by atoms with Gasteiger partial charge in [-0.25, -0.2) is 4.79 Å². The first-order chi connectivity index (χ1) is 9.05. The van der Waals surface area contributed by atoms with Crippen molar-refractivity contribution >= 4 is 6.09 Å². The SMILES string of the molecule is CC(C)(C)OC(=O)N1CCC2(CC(O)CO2)C(C)(C)C1. The van der Waals surface area contributed by atoms with Crippen LogP contribution in [0.4, 0.5) is 4.79 Å². The summed E-state index contributed by atoms with van der Waals surface area (Å²) in [6.07, 6.45) is 0.750. The second-order valence-electron chi connectivity index (χ2n) is 7.70. The van der Waals surface area contributed by atoms with E-state index in [4.69, 9.17) is 9.47 Å². The standard InChI is InChI=1S/C15H27NO4/c1-13(2,3)20-12(18)16-7-6-15(14(4,5)10-16)8-11(17)9-19-15/h11,17H,6-10H2,1-5H3. The summed E-state index contributed by atoms with van der Waals surface area (Å²) in [5, 5.41) is 9.78. The minimum Gasteiger partial charge on any atom is -0.444 e. The summed E-state index contributed by atoms with van der Waals surface area (Å²) in [5.41, 5.74) is -0.985. The van der Waals surface area contributed by atoms with Gasteiger partial charge in [-0.15, -0.1) is 0 Å². The Kier molecular flexibility index (Phi) is 3.80. The fraction of sp³-hybridized carbons (Fsp3) is 0.933.